The number of benzene rings is 2. The molecule has 0 spiro atoms. The Morgan fingerprint density at radius 1 is 0.944 bits per heavy atom. The van der Waals surface area contributed by atoms with Gasteiger partial charge in [-0.2, -0.15) is 0 Å². The van der Waals surface area contributed by atoms with E-state index in [1.165, 1.54) is 6.07 Å². The van der Waals surface area contributed by atoms with Gasteiger partial charge in [0.05, 0.1) is 5.56 Å². The summed E-state index contributed by atoms with van der Waals surface area (Å²) in [6, 6.07) is 13.4. The van der Waals surface area contributed by atoms with Crippen LogP contribution >= 0.6 is 0 Å². The maximum Gasteiger partial charge on any atom is 0.335 e. The van der Waals surface area contributed by atoms with Crippen LogP contribution in [-0.2, 0) is 12.8 Å². The Hall–Kier alpha value is -2.16. The van der Waals surface area contributed by atoms with Crippen LogP contribution in [0.4, 0.5) is 4.39 Å². The summed E-state index contributed by atoms with van der Waals surface area (Å²) >= 11 is 0. The van der Waals surface area contributed by atoms with E-state index in [1.54, 1.807) is 42.5 Å². The first kappa shape index (κ1) is 12.3. The fourth-order valence-corrected chi connectivity index (χ4v) is 1.92. The molecule has 2 aromatic carbocycles. The Morgan fingerprint density at radius 2 is 1.50 bits per heavy atom. The van der Waals surface area contributed by atoms with Gasteiger partial charge in [0.1, 0.15) is 5.82 Å². The van der Waals surface area contributed by atoms with Gasteiger partial charge in [-0.1, -0.05) is 36.4 Å². The minimum absolute atomic E-state index is 0.245. The molecule has 1 N–H and O–H groups in total. The van der Waals surface area contributed by atoms with E-state index >= 15 is 0 Å². The molecule has 0 fully saturated rings. The number of rotatable bonds is 4. The Bertz CT molecular complexity index is 564. The lowest BCUT2D eigenvalue weighted by molar-refractivity contribution is 0.0695. The van der Waals surface area contributed by atoms with E-state index < -0.39 is 5.97 Å². The highest BCUT2D eigenvalue weighted by molar-refractivity contribution is 5.89. The summed E-state index contributed by atoms with van der Waals surface area (Å²) in [4.78, 5) is 11.0. The van der Waals surface area contributed by atoms with Crippen molar-refractivity contribution in [1.29, 1.82) is 0 Å². The third-order valence-corrected chi connectivity index (χ3v) is 2.87. The van der Waals surface area contributed by atoms with Crippen LogP contribution in [0, 0.1) is 5.82 Å². The summed E-state index contributed by atoms with van der Waals surface area (Å²) in [5, 5.41) is 9.04. The minimum Gasteiger partial charge on any atom is -0.478 e. The third-order valence-electron chi connectivity index (χ3n) is 2.87. The number of hydrogen-bond donors (Lipinski definition) is 1. The highest BCUT2D eigenvalue weighted by Gasteiger charge is 2.09. The van der Waals surface area contributed by atoms with Crippen molar-refractivity contribution in [3.63, 3.8) is 0 Å². The van der Waals surface area contributed by atoms with Gasteiger partial charge in [-0.3, -0.25) is 0 Å². The molecule has 0 aliphatic rings. The maximum absolute atomic E-state index is 13.4. The molecule has 0 saturated heterocycles. The average Bonchev–Trinajstić information content (AvgIpc) is 2.38. The van der Waals surface area contributed by atoms with Crippen LogP contribution in [0.2, 0.25) is 0 Å². The number of carbonyl (C=O) groups is 1. The number of carboxylic acid groups (broad SMARTS) is 1. The highest BCUT2D eigenvalue weighted by atomic mass is 19.1. The van der Waals surface area contributed by atoms with Gasteiger partial charge in [-0.25, -0.2) is 9.18 Å². The van der Waals surface area contributed by atoms with Crippen LogP contribution in [0.1, 0.15) is 21.5 Å². The van der Waals surface area contributed by atoms with Crippen molar-refractivity contribution < 1.29 is 14.3 Å². The number of aryl methyl sites for hydroxylation is 2. The lowest BCUT2D eigenvalue weighted by Gasteiger charge is -2.06. The van der Waals surface area contributed by atoms with E-state index in [-0.39, 0.29) is 11.4 Å². The van der Waals surface area contributed by atoms with Gasteiger partial charge in [0.25, 0.3) is 0 Å². The molecule has 0 bridgehead atoms. The van der Waals surface area contributed by atoms with Gasteiger partial charge in [0.15, 0.2) is 0 Å². The molecular formula is C15H13FO2. The smallest absolute Gasteiger partial charge is 0.335 e. The monoisotopic (exact) mass is 244 g/mol. The summed E-state index contributed by atoms with van der Waals surface area (Å²) in [6.07, 6.45) is 1.01. The van der Waals surface area contributed by atoms with Crippen molar-refractivity contribution in [2.24, 2.45) is 0 Å². The van der Waals surface area contributed by atoms with Crippen LogP contribution in [0.5, 0.6) is 0 Å². The topological polar surface area (TPSA) is 37.3 Å². The second-order valence-corrected chi connectivity index (χ2v) is 4.05. The largest absolute Gasteiger partial charge is 0.478 e. The lowest BCUT2D eigenvalue weighted by atomic mass is 10.00. The predicted molar refractivity (Wildman–Crippen MR) is 67.2 cm³/mol. The first-order valence-corrected chi connectivity index (χ1v) is 5.73. The second kappa shape index (κ2) is 5.45. The minimum atomic E-state index is -0.945. The van der Waals surface area contributed by atoms with Gasteiger partial charge < -0.3 is 5.11 Å². The molecule has 0 atom stereocenters. The molecule has 0 heterocycles. The van der Waals surface area contributed by atoms with Crippen molar-refractivity contribution >= 4 is 5.97 Å². The summed E-state index contributed by atoms with van der Waals surface area (Å²) in [5.41, 5.74) is 1.62. The molecule has 0 unspecified atom stereocenters. The van der Waals surface area contributed by atoms with Crippen molar-refractivity contribution in [2.45, 2.75) is 12.8 Å². The fourth-order valence-electron chi connectivity index (χ4n) is 1.92. The van der Waals surface area contributed by atoms with Crippen LogP contribution in [-0.4, -0.2) is 11.1 Å². The lowest BCUT2D eigenvalue weighted by Crippen LogP contribution is -2.04. The number of carboxylic acids is 1. The van der Waals surface area contributed by atoms with Gasteiger partial charge in [0.2, 0.25) is 0 Å². The normalized spacial score (nSPS) is 10.3. The highest BCUT2D eigenvalue weighted by Crippen LogP contribution is 2.14. The molecule has 18 heavy (non-hydrogen) atoms. The zero-order valence-electron chi connectivity index (χ0n) is 9.77. The first-order valence-electron chi connectivity index (χ1n) is 5.73. The zero-order valence-corrected chi connectivity index (χ0v) is 9.77. The molecule has 0 aliphatic heterocycles. The van der Waals surface area contributed by atoms with Crippen molar-refractivity contribution in [1.82, 2.24) is 0 Å². The van der Waals surface area contributed by atoms with E-state index in [1.807, 2.05) is 0 Å². The van der Waals surface area contributed by atoms with Gasteiger partial charge in [-0.05, 0) is 36.1 Å². The molecule has 2 rings (SSSR count). The summed E-state index contributed by atoms with van der Waals surface area (Å²) in [7, 11) is 0. The summed E-state index contributed by atoms with van der Waals surface area (Å²) in [5.74, 6) is -1.19. The van der Waals surface area contributed by atoms with E-state index in [0.717, 1.165) is 5.56 Å². The van der Waals surface area contributed by atoms with Gasteiger partial charge in [0, 0.05) is 0 Å². The Labute approximate surface area is 105 Å². The SMILES string of the molecule is O=C(O)c1ccccc1CCc1ccccc1F. The zero-order chi connectivity index (χ0) is 13.0. The van der Waals surface area contributed by atoms with E-state index in [0.29, 0.717) is 18.4 Å². The van der Waals surface area contributed by atoms with E-state index in [2.05, 4.69) is 0 Å². The van der Waals surface area contributed by atoms with Gasteiger partial charge >= 0.3 is 5.97 Å². The summed E-state index contributed by atoms with van der Waals surface area (Å²) < 4.78 is 13.4. The van der Waals surface area contributed by atoms with Crippen LogP contribution in [0.3, 0.4) is 0 Å². The van der Waals surface area contributed by atoms with E-state index in [4.69, 9.17) is 5.11 Å². The van der Waals surface area contributed by atoms with E-state index in [9.17, 15) is 9.18 Å². The molecule has 2 nitrogen and oxygen atoms in total. The quantitative estimate of drug-likeness (QED) is 0.895. The molecule has 0 radical (unpaired) electrons. The first-order chi connectivity index (χ1) is 8.68. The van der Waals surface area contributed by atoms with Crippen molar-refractivity contribution in [3.8, 4) is 0 Å². The molecule has 0 amide bonds. The summed E-state index contributed by atoms with van der Waals surface area (Å²) in [6.45, 7) is 0. The molecule has 0 saturated carbocycles. The van der Waals surface area contributed by atoms with Crippen LogP contribution < -0.4 is 0 Å². The predicted octanol–water partition coefficient (Wildman–Crippen LogP) is 3.31. The van der Waals surface area contributed by atoms with Crippen molar-refractivity contribution in [3.05, 3.63) is 71.0 Å². The fraction of sp³-hybridized carbons (Fsp3) is 0.133. The molecule has 2 aromatic rings. The Kier molecular flexibility index (Phi) is 3.72. The molecule has 92 valence electrons. The number of hydrogen-bond acceptors (Lipinski definition) is 1. The Balaban J connectivity index is 2.16. The standard InChI is InChI=1S/C15H13FO2/c16-14-8-4-2-6-12(14)10-9-11-5-1-3-7-13(11)15(17)18/h1-8H,9-10H2,(H,17,18). The molecular weight excluding hydrogens is 231 g/mol. The van der Waals surface area contributed by atoms with Gasteiger partial charge in [-0.15, -0.1) is 0 Å². The van der Waals surface area contributed by atoms with Crippen LogP contribution in [0.25, 0.3) is 0 Å². The average molecular weight is 244 g/mol. The number of aromatic carboxylic acids is 1. The maximum atomic E-state index is 13.4. The van der Waals surface area contributed by atoms with Crippen LogP contribution in [0.15, 0.2) is 48.5 Å². The molecule has 0 aliphatic carbocycles. The second-order valence-electron chi connectivity index (χ2n) is 4.05. The number of halogens is 1. The molecule has 3 heteroatoms. The van der Waals surface area contributed by atoms with Crippen molar-refractivity contribution in [2.75, 3.05) is 0 Å². The molecule has 0 aromatic heterocycles. The Morgan fingerprint density at radius 3 is 2.17 bits per heavy atom. The third kappa shape index (κ3) is 2.74.